The molecule has 50 heavy (non-hydrogen) atoms. The van der Waals surface area contributed by atoms with Crippen LogP contribution in [0.5, 0.6) is 0 Å². The monoisotopic (exact) mass is 770 g/mol. The van der Waals surface area contributed by atoms with Crippen LogP contribution >= 0.6 is 0 Å². The zero-order valence-corrected chi connectivity index (χ0v) is 32.6. The standard InChI is InChI=1S/5C7H13F3/c1-5(2)6(3,4)7(8,9)10;1-4-6(2,3)5-7(8,9)10;1-4-5-6(2,3)7(8,9)10;1-4-5(2)6(3)7(8,9)10;1-3-6(4-2)5-7(8,9)10/h5H,1-4H3;2*4-5H2,1-3H3;5-6H,4H2,1-3H3;6H,3-5H2,1-2H3/t;;;5?,6-;/m...1./s1. The maximum atomic E-state index is 12.1. The van der Waals surface area contributed by atoms with Gasteiger partial charge < -0.3 is 0 Å². The highest BCUT2D eigenvalue weighted by atomic mass is 19.4. The van der Waals surface area contributed by atoms with Crippen LogP contribution in [0, 0.1) is 39.9 Å². The molecule has 0 aromatic rings. The molecule has 0 aliphatic carbocycles. The molecule has 0 rings (SSSR count). The van der Waals surface area contributed by atoms with E-state index in [9.17, 15) is 65.9 Å². The van der Waals surface area contributed by atoms with Crippen LogP contribution < -0.4 is 0 Å². The Kier molecular flexibility index (Phi) is 27.5. The van der Waals surface area contributed by atoms with Crippen LogP contribution in [0.2, 0.25) is 0 Å². The Balaban J connectivity index is -0.000000169. The lowest BCUT2D eigenvalue weighted by molar-refractivity contribution is -0.225. The van der Waals surface area contributed by atoms with Crippen LogP contribution in [-0.4, -0.2) is 30.9 Å². The van der Waals surface area contributed by atoms with Gasteiger partial charge >= 0.3 is 30.9 Å². The Bertz CT molecular complexity index is 804. The number of alkyl halides is 15. The summed E-state index contributed by atoms with van der Waals surface area (Å²) in [6.45, 7) is 23.0. The largest absolute Gasteiger partial charge is 0.394 e. The van der Waals surface area contributed by atoms with Crippen LogP contribution in [0.4, 0.5) is 65.9 Å². The molecule has 0 aromatic carbocycles. The first kappa shape index (κ1) is 58.3. The fraction of sp³-hybridized carbons (Fsp3) is 1.00. The Morgan fingerprint density at radius 2 is 0.880 bits per heavy atom. The highest BCUT2D eigenvalue weighted by Gasteiger charge is 2.49. The van der Waals surface area contributed by atoms with Crippen molar-refractivity contribution >= 4 is 0 Å². The third-order valence-electron chi connectivity index (χ3n) is 9.14. The summed E-state index contributed by atoms with van der Waals surface area (Å²) < 4.78 is 178. The molecule has 0 bridgehead atoms. The van der Waals surface area contributed by atoms with Gasteiger partial charge in [0.2, 0.25) is 0 Å². The summed E-state index contributed by atoms with van der Waals surface area (Å²) in [7, 11) is 0. The highest BCUT2D eigenvalue weighted by molar-refractivity contribution is 4.80. The van der Waals surface area contributed by atoms with Gasteiger partial charge in [0.1, 0.15) is 0 Å². The van der Waals surface area contributed by atoms with Crippen molar-refractivity contribution < 1.29 is 65.9 Å². The molecule has 2 atom stereocenters. The molecule has 0 fully saturated rings. The molecule has 0 heterocycles. The van der Waals surface area contributed by atoms with E-state index < -0.39 is 65.9 Å². The smallest absolute Gasteiger partial charge is 0.171 e. The van der Waals surface area contributed by atoms with Gasteiger partial charge in [-0.15, -0.1) is 0 Å². The lowest BCUT2D eigenvalue weighted by Crippen LogP contribution is -2.36. The number of rotatable bonds is 10. The molecule has 0 amide bonds. The van der Waals surface area contributed by atoms with Crippen LogP contribution in [0.3, 0.4) is 0 Å². The number of halogens is 15. The van der Waals surface area contributed by atoms with E-state index in [-0.39, 0.29) is 24.2 Å². The van der Waals surface area contributed by atoms with Crippen molar-refractivity contribution in [3.05, 3.63) is 0 Å². The predicted molar refractivity (Wildman–Crippen MR) is 174 cm³/mol. The summed E-state index contributed by atoms with van der Waals surface area (Å²) in [6, 6.07) is 0. The second-order valence-electron chi connectivity index (χ2n) is 15.0. The summed E-state index contributed by atoms with van der Waals surface area (Å²) in [5.41, 5.74) is -3.67. The first-order valence-electron chi connectivity index (χ1n) is 17.0. The second kappa shape index (κ2) is 23.6. The SMILES string of the molecule is CC(C)C(C)(C)C(F)(F)F.CCC(C)(C)CC(F)(F)F.CCC(C)[C@@H](C)C(F)(F)F.CCC(CC)CC(F)(F)F.CCCC(C)(C)C(F)(F)F. The molecule has 310 valence electrons. The zero-order chi connectivity index (χ0) is 42.0. The fourth-order valence-corrected chi connectivity index (χ4v) is 3.34. The molecule has 0 aromatic heterocycles. The molecule has 1 unspecified atom stereocenters. The van der Waals surface area contributed by atoms with Crippen molar-refractivity contribution in [3.63, 3.8) is 0 Å². The van der Waals surface area contributed by atoms with Gasteiger partial charge in [0.15, 0.2) is 0 Å². The quantitative estimate of drug-likeness (QED) is 0.194. The van der Waals surface area contributed by atoms with Crippen molar-refractivity contribution in [1.82, 2.24) is 0 Å². The summed E-state index contributed by atoms with van der Waals surface area (Å²) in [5.74, 6) is -1.98. The van der Waals surface area contributed by atoms with E-state index in [0.717, 1.165) is 0 Å². The first-order valence-corrected chi connectivity index (χ1v) is 17.0. The van der Waals surface area contributed by atoms with Gasteiger partial charge in [0.05, 0.1) is 16.7 Å². The summed E-state index contributed by atoms with van der Waals surface area (Å²) in [4.78, 5) is 0. The van der Waals surface area contributed by atoms with Crippen molar-refractivity contribution in [3.8, 4) is 0 Å². The molecule has 0 saturated carbocycles. The van der Waals surface area contributed by atoms with Crippen LogP contribution in [0.15, 0.2) is 0 Å². The van der Waals surface area contributed by atoms with Gasteiger partial charge in [0.25, 0.3) is 0 Å². The van der Waals surface area contributed by atoms with Crippen LogP contribution in [-0.2, 0) is 0 Å². The van der Waals surface area contributed by atoms with Crippen LogP contribution in [0.25, 0.3) is 0 Å². The molecule has 0 aliphatic rings. The lowest BCUT2D eigenvalue weighted by atomic mass is 9.81. The minimum absolute atomic E-state index is 0.181. The average Bonchev–Trinajstić information content (AvgIpc) is 2.88. The minimum atomic E-state index is -4.08. The van der Waals surface area contributed by atoms with E-state index in [1.807, 2.05) is 0 Å². The number of hydrogen-bond donors (Lipinski definition) is 0. The van der Waals surface area contributed by atoms with Crippen molar-refractivity contribution in [2.24, 2.45) is 39.9 Å². The van der Waals surface area contributed by atoms with Gasteiger partial charge in [-0.1, -0.05) is 136 Å². The van der Waals surface area contributed by atoms with Gasteiger partial charge in [-0.05, 0) is 29.6 Å². The van der Waals surface area contributed by atoms with Crippen molar-refractivity contribution in [2.45, 2.75) is 186 Å². The minimum Gasteiger partial charge on any atom is -0.171 e. The summed E-state index contributed by atoms with van der Waals surface area (Å²) >= 11 is 0. The van der Waals surface area contributed by atoms with Crippen LogP contribution in [0.1, 0.15) is 155 Å². The molecular formula is C35H65F15. The van der Waals surface area contributed by atoms with E-state index in [1.165, 1.54) is 34.6 Å². The molecule has 0 spiro atoms. The lowest BCUT2D eigenvalue weighted by Gasteiger charge is -2.31. The van der Waals surface area contributed by atoms with Crippen molar-refractivity contribution in [1.29, 1.82) is 0 Å². The maximum Gasteiger partial charge on any atom is 0.394 e. The Hall–Kier alpha value is -1.05. The third kappa shape index (κ3) is 30.6. The first-order chi connectivity index (χ1) is 21.7. The Morgan fingerprint density at radius 1 is 0.500 bits per heavy atom. The third-order valence-corrected chi connectivity index (χ3v) is 9.14. The Labute approximate surface area is 292 Å². The summed E-state index contributed by atoms with van der Waals surface area (Å²) in [6.07, 6.45) is -18.3. The molecular weight excluding hydrogens is 705 g/mol. The maximum absolute atomic E-state index is 12.1. The van der Waals surface area contributed by atoms with Gasteiger partial charge in [-0.2, -0.15) is 65.9 Å². The normalized spacial score (nSPS) is 14.6. The van der Waals surface area contributed by atoms with Gasteiger partial charge in [0, 0.05) is 12.8 Å². The molecule has 0 nitrogen and oxygen atoms in total. The predicted octanol–water partition coefficient (Wildman–Crippen LogP) is 16.6. The van der Waals surface area contributed by atoms with E-state index in [4.69, 9.17) is 0 Å². The van der Waals surface area contributed by atoms with E-state index in [2.05, 4.69) is 0 Å². The van der Waals surface area contributed by atoms with E-state index in [1.54, 1.807) is 69.2 Å². The second-order valence-corrected chi connectivity index (χ2v) is 15.0. The molecule has 0 saturated heterocycles. The molecule has 0 N–H and O–H groups in total. The number of hydrogen-bond acceptors (Lipinski definition) is 0. The summed E-state index contributed by atoms with van der Waals surface area (Å²) in [5, 5.41) is 0. The zero-order valence-electron chi connectivity index (χ0n) is 32.6. The molecule has 15 heteroatoms. The molecule has 0 radical (unpaired) electrons. The average molecular weight is 771 g/mol. The van der Waals surface area contributed by atoms with E-state index in [0.29, 0.717) is 32.1 Å². The van der Waals surface area contributed by atoms with Gasteiger partial charge in [-0.25, -0.2) is 0 Å². The van der Waals surface area contributed by atoms with Gasteiger partial charge in [-0.3, -0.25) is 0 Å². The fourth-order valence-electron chi connectivity index (χ4n) is 3.34. The van der Waals surface area contributed by atoms with Crippen molar-refractivity contribution in [2.75, 3.05) is 0 Å². The topological polar surface area (TPSA) is 0 Å². The molecule has 0 aliphatic heterocycles. The highest BCUT2D eigenvalue weighted by Crippen LogP contribution is 2.43. The Morgan fingerprint density at radius 3 is 0.960 bits per heavy atom. The van der Waals surface area contributed by atoms with E-state index >= 15 is 0 Å².